The standard InChI is InChI=1S/C29H25F2N7O7S/c1-3-43-28(41)17-12-36-29(37-26(17)40)46(42)15-5-7-20(16(11-15)25-34-8-9-38(25)2)44-23-18(30)13-35-27(22(23)31)45-21-10-14(24(32)33)4-6-19(21)39/h4-8,10-13,25,39H,3,9H2,1-2H3,(H3,32,33)(H,36,37,40). The molecule has 2 aromatic carbocycles. The molecular formula is C29H25F2N7O7S. The highest BCUT2D eigenvalue weighted by Crippen LogP contribution is 2.41. The Labute approximate surface area is 262 Å². The summed E-state index contributed by atoms with van der Waals surface area (Å²) in [7, 11) is 1.74. The Hall–Kier alpha value is -5.39. The first-order valence-electron chi connectivity index (χ1n) is 13.4. The van der Waals surface area contributed by atoms with Crippen molar-refractivity contribution in [1.82, 2.24) is 19.9 Å². The summed E-state index contributed by atoms with van der Waals surface area (Å²) in [6.07, 6.45) is 2.56. The molecule has 2 atom stereocenters. The molecule has 5 N–H and O–H groups in total. The molecule has 0 saturated heterocycles. The number of phenols is 1. The minimum Gasteiger partial charge on any atom is -0.604 e. The SMILES string of the molecule is CCOC(=O)c1cnc([S+]([O-])c2ccc(Oc3c(F)cnc(Oc4cc(C(=N)N)ccc4O)c3F)c(C3N=CCN3C)c2)nc1O. The molecule has 14 nitrogen and oxygen atoms in total. The fraction of sp³-hybridized carbons (Fsp3) is 0.172. The smallest absolute Gasteiger partial charge is 0.351 e. The maximum Gasteiger partial charge on any atom is 0.351 e. The molecule has 1 aliphatic heterocycles. The summed E-state index contributed by atoms with van der Waals surface area (Å²) in [6, 6.07) is 7.80. The van der Waals surface area contributed by atoms with Gasteiger partial charge in [0.05, 0.1) is 30.2 Å². The average molecular weight is 654 g/mol. The molecule has 5 rings (SSSR count). The highest BCUT2D eigenvalue weighted by Gasteiger charge is 2.30. The number of hydrogen-bond donors (Lipinski definition) is 4. The van der Waals surface area contributed by atoms with Crippen LogP contribution in [0.3, 0.4) is 0 Å². The molecule has 0 radical (unpaired) electrons. The number of aromatic nitrogens is 3. The highest BCUT2D eigenvalue weighted by molar-refractivity contribution is 7.91. The molecule has 0 bridgehead atoms. The fourth-order valence-electron chi connectivity index (χ4n) is 4.22. The maximum atomic E-state index is 15.6. The zero-order valence-corrected chi connectivity index (χ0v) is 24.9. The number of halogens is 2. The number of carbonyl (C=O) groups excluding carboxylic acids is 1. The van der Waals surface area contributed by atoms with Crippen molar-refractivity contribution >= 4 is 29.2 Å². The third kappa shape index (κ3) is 6.51. The molecule has 46 heavy (non-hydrogen) atoms. The number of aliphatic imine (C=N–C) groups is 1. The number of nitrogens with zero attached hydrogens (tertiary/aromatic N) is 5. The van der Waals surface area contributed by atoms with Crippen molar-refractivity contribution in [3.05, 3.63) is 77.1 Å². The number of rotatable bonds is 10. The molecule has 0 fully saturated rings. The van der Waals surface area contributed by atoms with Gasteiger partial charge in [0.1, 0.15) is 23.3 Å². The lowest BCUT2D eigenvalue weighted by Crippen LogP contribution is -2.20. The van der Waals surface area contributed by atoms with Crippen LogP contribution in [0.25, 0.3) is 0 Å². The molecule has 0 saturated carbocycles. The van der Waals surface area contributed by atoms with Crippen molar-refractivity contribution in [2.75, 3.05) is 20.2 Å². The third-order valence-electron chi connectivity index (χ3n) is 6.50. The molecule has 0 spiro atoms. The van der Waals surface area contributed by atoms with Gasteiger partial charge in [-0.3, -0.25) is 15.3 Å². The number of nitrogens with one attached hydrogen (secondary N) is 1. The van der Waals surface area contributed by atoms with Crippen LogP contribution in [0, 0.1) is 17.0 Å². The Kier molecular flexibility index (Phi) is 9.26. The predicted molar refractivity (Wildman–Crippen MR) is 158 cm³/mol. The van der Waals surface area contributed by atoms with Crippen LogP contribution in [0.2, 0.25) is 0 Å². The van der Waals surface area contributed by atoms with Gasteiger partial charge < -0.3 is 34.7 Å². The lowest BCUT2D eigenvalue weighted by molar-refractivity contribution is 0.0521. The van der Waals surface area contributed by atoms with Crippen molar-refractivity contribution in [3.8, 4) is 34.8 Å². The van der Waals surface area contributed by atoms with E-state index in [0.29, 0.717) is 12.7 Å². The monoisotopic (exact) mass is 653 g/mol. The highest BCUT2D eigenvalue weighted by atomic mass is 32.2. The second-order valence-corrected chi connectivity index (χ2v) is 11.0. The van der Waals surface area contributed by atoms with E-state index in [0.717, 1.165) is 6.20 Å². The van der Waals surface area contributed by atoms with E-state index in [2.05, 4.69) is 19.9 Å². The first-order valence-corrected chi connectivity index (χ1v) is 14.5. The number of benzene rings is 2. The largest absolute Gasteiger partial charge is 0.604 e. The normalized spacial score (nSPS) is 15.0. The number of carbonyl (C=O) groups is 1. The van der Waals surface area contributed by atoms with Gasteiger partial charge in [0.25, 0.3) is 5.88 Å². The van der Waals surface area contributed by atoms with Gasteiger partial charge in [-0.1, -0.05) is 0 Å². The van der Waals surface area contributed by atoms with Gasteiger partial charge in [0.2, 0.25) is 17.4 Å². The number of phenolic OH excluding ortho intramolecular Hbond substituents is 1. The third-order valence-corrected chi connectivity index (χ3v) is 7.71. The summed E-state index contributed by atoms with van der Waals surface area (Å²) in [4.78, 5) is 29.6. The summed E-state index contributed by atoms with van der Waals surface area (Å²) in [5.74, 6) is -6.86. The van der Waals surface area contributed by atoms with E-state index in [4.69, 9.17) is 25.4 Å². The fourth-order valence-corrected chi connectivity index (χ4v) is 5.18. The zero-order chi connectivity index (χ0) is 33.1. The van der Waals surface area contributed by atoms with Crippen molar-refractivity contribution < 1.29 is 42.6 Å². The van der Waals surface area contributed by atoms with Gasteiger partial charge >= 0.3 is 11.1 Å². The Morgan fingerprint density at radius 1 is 1.15 bits per heavy atom. The van der Waals surface area contributed by atoms with Crippen molar-refractivity contribution in [3.63, 3.8) is 0 Å². The van der Waals surface area contributed by atoms with Crippen LogP contribution in [-0.4, -0.2) is 72.8 Å². The van der Waals surface area contributed by atoms with E-state index < -0.39 is 58.2 Å². The van der Waals surface area contributed by atoms with Crippen LogP contribution in [0.1, 0.15) is 34.6 Å². The summed E-state index contributed by atoms with van der Waals surface area (Å²) in [5.41, 5.74) is 5.61. The van der Waals surface area contributed by atoms with Crippen molar-refractivity contribution in [2.24, 2.45) is 10.7 Å². The van der Waals surface area contributed by atoms with Gasteiger partial charge in [0, 0.05) is 30.0 Å². The summed E-state index contributed by atoms with van der Waals surface area (Å²) in [5, 5.41) is 27.6. The van der Waals surface area contributed by atoms with Crippen LogP contribution in [0.5, 0.6) is 34.8 Å². The Morgan fingerprint density at radius 2 is 1.93 bits per heavy atom. The molecule has 2 aromatic heterocycles. The van der Waals surface area contributed by atoms with Crippen LogP contribution in [-0.2, 0) is 15.9 Å². The quantitative estimate of drug-likeness (QED) is 0.0633. The van der Waals surface area contributed by atoms with Crippen molar-refractivity contribution in [2.45, 2.75) is 23.1 Å². The molecule has 4 aromatic rings. The first-order chi connectivity index (χ1) is 22.0. The van der Waals surface area contributed by atoms with E-state index >= 15 is 4.39 Å². The number of amidine groups is 1. The molecule has 1 aliphatic rings. The second kappa shape index (κ2) is 13.3. The number of pyridine rings is 1. The lowest BCUT2D eigenvalue weighted by Gasteiger charge is -2.22. The number of nitrogens with two attached hydrogens (primary N) is 1. The molecular weight excluding hydrogens is 628 g/mol. The summed E-state index contributed by atoms with van der Waals surface area (Å²) >= 11 is -2.09. The van der Waals surface area contributed by atoms with E-state index in [1.807, 2.05) is 0 Å². The van der Waals surface area contributed by atoms with Crippen LogP contribution >= 0.6 is 0 Å². The predicted octanol–water partition coefficient (Wildman–Crippen LogP) is 3.79. The van der Waals surface area contributed by atoms with Gasteiger partial charge in [-0.15, -0.1) is 4.98 Å². The van der Waals surface area contributed by atoms with Crippen LogP contribution < -0.4 is 15.2 Å². The minimum absolute atomic E-state index is 0.0570. The zero-order valence-electron chi connectivity index (χ0n) is 24.1. The average Bonchev–Trinajstić information content (AvgIpc) is 3.46. The molecule has 3 heterocycles. The Morgan fingerprint density at radius 3 is 2.61 bits per heavy atom. The molecule has 17 heteroatoms. The van der Waals surface area contributed by atoms with Gasteiger partial charge in [-0.05, 0) is 44.3 Å². The van der Waals surface area contributed by atoms with Gasteiger partial charge in [-0.25, -0.2) is 14.2 Å². The number of hydrogen-bond acceptors (Lipinski definition) is 13. The molecule has 0 aliphatic carbocycles. The maximum absolute atomic E-state index is 15.6. The molecule has 0 amide bonds. The van der Waals surface area contributed by atoms with E-state index in [1.54, 1.807) is 25.1 Å². The summed E-state index contributed by atoms with van der Waals surface area (Å²) in [6.45, 7) is 2.08. The van der Waals surface area contributed by atoms with Crippen LogP contribution in [0.4, 0.5) is 8.78 Å². The summed E-state index contributed by atoms with van der Waals surface area (Å²) < 4.78 is 59.9. The first kappa shape index (κ1) is 32.0. The van der Waals surface area contributed by atoms with E-state index in [1.165, 1.54) is 36.4 Å². The topological polar surface area (TPSA) is 212 Å². The Balaban J connectivity index is 1.49. The number of nitrogen functional groups attached to an aromatic ring is 1. The van der Waals surface area contributed by atoms with Crippen molar-refractivity contribution in [1.29, 1.82) is 5.41 Å². The van der Waals surface area contributed by atoms with E-state index in [9.17, 15) is 24.0 Å². The van der Waals surface area contributed by atoms with E-state index in [-0.39, 0.29) is 50.7 Å². The molecule has 238 valence electrons. The Bertz CT molecular complexity index is 1860. The number of ether oxygens (including phenoxy) is 3. The lowest BCUT2D eigenvalue weighted by atomic mass is 10.1. The number of esters is 1. The van der Waals surface area contributed by atoms with Gasteiger partial charge in [-0.2, -0.15) is 9.37 Å². The minimum atomic E-state index is -2.09. The van der Waals surface area contributed by atoms with Crippen LogP contribution in [0.15, 0.2) is 63.8 Å². The second-order valence-electron chi connectivity index (χ2n) is 9.58. The van der Waals surface area contributed by atoms with Gasteiger partial charge in [0.15, 0.2) is 22.2 Å². The molecule has 2 unspecified atom stereocenters. The number of aromatic hydroxyl groups is 2.